The van der Waals surface area contributed by atoms with E-state index in [1.807, 2.05) is 12.1 Å². The molecule has 0 spiro atoms. The molecule has 0 bridgehead atoms. The Bertz CT molecular complexity index is 477. The minimum Gasteiger partial charge on any atom is -0.379 e. The Balaban J connectivity index is 1.44. The summed E-state index contributed by atoms with van der Waals surface area (Å²) in [5.74, 6) is 0.0837. The van der Waals surface area contributed by atoms with Crippen LogP contribution in [0.15, 0.2) is 24.3 Å². The zero-order valence-electron chi connectivity index (χ0n) is 13.1. The van der Waals surface area contributed by atoms with Crippen molar-refractivity contribution in [2.24, 2.45) is 0 Å². The van der Waals surface area contributed by atoms with Crippen LogP contribution in [0.3, 0.4) is 0 Å². The molecule has 2 aliphatic rings. The number of carbonyl (C=O) groups is 1. The standard InChI is InChI=1S/C17H25N3O2/c21-17(7-10-19-11-13-22-14-12-19)18-15-3-5-16(6-4-15)20-8-1-2-9-20/h3-6H,1-2,7-14H2,(H,18,21). The maximum atomic E-state index is 12.0. The molecular weight excluding hydrogens is 278 g/mol. The van der Waals surface area contributed by atoms with Crippen molar-refractivity contribution in [3.63, 3.8) is 0 Å². The summed E-state index contributed by atoms with van der Waals surface area (Å²) >= 11 is 0. The van der Waals surface area contributed by atoms with Crippen LogP contribution in [0.25, 0.3) is 0 Å². The van der Waals surface area contributed by atoms with E-state index in [0.29, 0.717) is 6.42 Å². The summed E-state index contributed by atoms with van der Waals surface area (Å²) in [5, 5.41) is 2.98. The normalized spacial score (nSPS) is 19.4. The number of hydrogen-bond acceptors (Lipinski definition) is 4. The number of morpholine rings is 1. The molecule has 5 heteroatoms. The van der Waals surface area contributed by atoms with E-state index >= 15 is 0 Å². The van der Waals surface area contributed by atoms with Crippen molar-refractivity contribution < 1.29 is 9.53 Å². The number of carbonyl (C=O) groups excluding carboxylic acids is 1. The molecule has 1 N–H and O–H groups in total. The lowest BCUT2D eigenvalue weighted by molar-refractivity contribution is -0.116. The third kappa shape index (κ3) is 4.21. The Morgan fingerprint density at radius 3 is 2.41 bits per heavy atom. The molecule has 3 rings (SSSR count). The van der Waals surface area contributed by atoms with Gasteiger partial charge >= 0.3 is 0 Å². The highest BCUT2D eigenvalue weighted by molar-refractivity contribution is 5.91. The predicted molar refractivity (Wildman–Crippen MR) is 88.4 cm³/mol. The molecule has 120 valence electrons. The topological polar surface area (TPSA) is 44.8 Å². The number of amides is 1. The van der Waals surface area contributed by atoms with E-state index in [2.05, 4.69) is 27.2 Å². The molecule has 1 aromatic carbocycles. The maximum absolute atomic E-state index is 12.0. The highest BCUT2D eigenvalue weighted by Gasteiger charge is 2.13. The highest BCUT2D eigenvalue weighted by atomic mass is 16.5. The molecule has 0 atom stereocenters. The van der Waals surface area contributed by atoms with E-state index in [-0.39, 0.29) is 5.91 Å². The van der Waals surface area contributed by atoms with Gasteiger partial charge in [0.05, 0.1) is 13.2 Å². The molecule has 0 saturated carbocycles. The molecule has 1 amide bonds. The van der Waals surface area contributed by atoms with Crippen LogP contribution in [-0.4, -0.2) is 56.7 Å². The van der Waals surface area contributed by atoms with Gasteiger partial charge < -0.3 is 15.0 Å². The summed E-state index contributed by atoms with van der Waals surface area (Å²) in [6.45, 7) is 6.51. The molecule has 0 aromatic heterocycles. The summed E-state index contributed by atoms with van der Waals surface area (Å²) in [5.41, 5.74) is 2.14. The second-order valence-electron chi connectivity index (χ2n) is 5.99. The van der Waals surface area contributed by atoms with E-state index in [1.165, 1.54) is 18.5 Å². The lowest BCUT2D eigenvalue weighted by Gasteiger charge is -2.26. The fraction of sp³-hybridized carbons (Fsp3) is 0.588. The van der Waals surface area contributed by atoms with Crippen molar-refractivity contribution in [3.8, 4) is 0 Å². The Morgan fingerprint density at radius 1 is 1.05 bits per heavy atom. The first-order valence-electron chi connectivity index (χ1n) is 8.26. The number of nitrogens with one attached hydrogen (secondary N) is 1. The van der Waals surface area contributed by atoms with Gasteiger partial charge in [-0.05, 0) is 37.1 Å². The molecule has 0 radical (unpaired) electrons. The van der Waals surface area contributed by atoms with Crippen molar-refractivity contribution >= 4 is 17.3 Å². The van der Waals surface area contributed by atoms with Crippen molar-refractivity contribution in [2.75, 3.05) is 56.2 Å². The quantitative estimate of drug-likeness (QED) is 0.903. The van der Waals surface area contributed by atoms with Gasteiger partial charge in [-0.15, -0.1) is 0 Å². The minimum atomic E-state index is 0.0837. The van der Waals surface area contributed by atoms with Gasteiger partial charge in [0.1, 0.15) is 0 Å². The number of benzene rings is 1. The van der Waals surface area contributed by atoms with Gasteiger partial charge in [-0.3, -0.25) is 9.69 Å². The van der Waals surface area contributed by atoms with Crippen LogP contribution in [-0.2, 0) is 9.53 Å². The van der Waals surface area contributed by atoms with Gasteiger partial charge in [-0.1, -0.05) is 0 Å². The smallest absolute Gasteiger partial charge is 0.225 e. The van der Waals surface area contributed by atoms with Gasteiger partial charge in [0.25, 0.3) is 0 Å². The van der Waals surface area contributed by atoms with Crippen molar-refractivity contribution in [3.05, 3.63) is 24.3 Å². The van der Waals surface area contributed by atoms with Crippen molar-refractivity contribution in [1.29, 1.82) is 0 Å². The lowest BCUT2D eigenvalue weighted by Crippen LogP contribution is -2.38. The second-order valence-corrected chi connectivity index (χ2v) is 5.99. The Labute approximate surface area is 132 Å². The van der Waals surface area contributed by atoms with E-state index in [0.717, 1.165) is 51.6 Å². The summed E-state index contributed by atoms with van der Waals surface area (Å²) in [6.07, 6.45) is 3.09. The molecule has 0 unspecified atom stereocenters. The Kier molecular flexibility index (Phi) is 5.29. The highest BCUT2D eigenvalue weighted by Crippen LogP contribution is 2.22. The third-order valence-electron chi connectivity index (χ3n) is 4.38. The van der Waals surface area contributed by atoms with Crippen LogP contribution in [0, 0.1) is 0 Å². The number of ether oxygens (including phenoxy) is 1. The van der Waals surface area contributed by atoms with Crippen molar-refractivity contribution in [1.82, 2.24) is 4.90 Å². The fourth-order valence-corrected chi connectivity index (χ4v) is 3.04. The van der Waals surface area contributed by atoms with Crippen LogP contribution in [0.5, 0.6) is 0 Å². The average molecular weight is 303 g/mol. The largest absolute Gasteiger partial charge is 0.379 e. The minimum absolute atomic E-state index is 0.0837. The summed E-state index contributed by atoms with van der Waals surface area (Å²) < 4.78 is 5.31. The first kappa shape index (κ1) is 15.3. The summed E-state index contributed by atoms with van der Waals surface area (Å²) in [6, 6.07) is 8.20. The first-order valence-corrected chi connectivity index (χ1v) is 8.26. The molecule has 2 fully saturated rings. The van der Waals surface area contributed by atoms with Crippen molar-refractivity contribution in [2.45, 2.75) is 19.3 Å². The number of anilines is 2. The SMILES string of the molecule is O=C(CCN1CCOCC1)Nc1ccc(N2CCCC2)cc1. The molecule has 2 aliphatic heterocycles. The molecule has 22 heavy (non-hydrogen) atoms. The fourth-order valence-electron chi connectivity index (χ4n) is 3.04. The molecular formula is C17H25N3O2. The van der Waals surface area contributed by atoms with Crippen LogP contribution in [0.2, 0.25) is 0 Å². The van der Waals surface area contributed by atoms with Crippen LogP contribution in [0.1, 0.15) is 19.3 Å². The third-order valence-corrected chi connectivity index (χ3v) is 4.38. The van der Waals surface area contributed by atoms with E-state index in [1.54, 1.807) is 0 Å². The maximum Gasteiger partial charge on any atom is 0.225 e. The van der Waals surface area contributed by atoms with E-state index in [9.17, 15) is 4.79 Å². The summed E-state index contributed by atoms with van der Waals surface area (Å²) in [4.78, 5) is 16.7. The zero-order valence-corrected chi connectivity index (χ0v) is 13.1. The Hall–Kier alpha value is -1.59. The Morgan fingerprint density at radius 2 is 1.73 bits per heavy atom. The predicted octanol–water partition coefficient (Wildman–Crippen LogP) is 1.95. The average Bonchev–Trinajstić information content (AvgIpc) is 3.09. The molecule has 5 nitrogen and oxygen atoms in total. The van der Waals surface area contributed by atoms with Gasteiger partial charge in [-0.2, -0.15) is 0 Å². The van der Waals surface area contributed by atoms with E-state index in [4.69, 9.17) is 4.74 Å². The zero-order chi connectivity index (χ0) is 15.2. The van der Waals surface area contributed by atoms with Crippen LogP contribution < -0.4 is 10.2 Å². The molecule has 2 saturated heterocycles. The van der Waals surface area contributed by atoms with Gasteiger partial charge in [0.2, 0.25) is 5.91 Å². The van der Waals surface area contributed by atoms with Crippen LogP contribution >= 0.6 is 0 Å². The molecule has 1 aromatic rings. The van der Waals surface area contributed by atoms with Gasteiger partial charge in [-0.25, -0.2) is 0 Å². The van der Waals surface area contributed by atoms with Crippen LogP contribution in [0.4, 0.5) is 11.4 Å². The number of hydrogen-bond donors (Lipinski definition) is 1. The first-order chi connectivity index (χ1) is 10.8. The van der Waals surface area contributed by atoms with Gasteiger partial charge in [0.15, 0.2) is 0 Å². The van der Waals surface area contributed by atoms with Gasteiger partial charge in [0, 0.05) is 50.5 Å². The second kappa shape index (κ2) is 7.61. The summed E-state index contributed by atoms with van der Waals surface area (Å²) in [7, 11) is 0. The number of nitrogens with zero attached hydrogens (tertiary/aromatic N) is 2. The van der Waals surface area contributed by atoms with E-state index < -0.39 is 0 Å². The monoisotopic (exact) mass is 303 g/mol. The number of rotatable bonds is 5. The molecule has 2 heterocycles. The lowest BCUT2D eigenvalue weighted by atomic mass is 10.2. The molecule has 0 aliphatic carbocycles.